The van der Waals surface area contributed by atoms with Gasteiger partial charge < -0.3 is 14.8 Å². The minimum Gasteiger partial charge on any atom is -0.496 e. The summed E-state index contributed by atoms with van der Waals surface area (Å²) in [7, 11) is 3.46. The van der Waals surface area contributed by atoms with Crippen molar-refractivity contribution in [2.45, 2.75) is 38.6 Å². The van der Waals surface area contributed by atoms with Gasteiger partial charge in [0.2, 0.25) is 0 Å². The molecule has 1 aliphatic rings. The Kier molecular flexibility index (Phi) is 4.12. The Labute approximate surface area is 109 Å². The molecule has 3 heteroatoms. The maximum absolute atomic E-state index is 5.52. The summed E-state index contributed by atoms with van der Waals surface area (Å²) in [6, 6.07) is 4.84. The van der Waals surface area contributed by atoms with Gasteiger partial charge in [0.1, 0.15) is 11.5 Å². The highest BCUT2D eigenvalue weighted by atomic mass is 16.5. The topological polar surface area (TPSA) is 30.5 Å². The van der Waals surface area contributed by atoms with Crippen LogP contribution in [0.3, 0.4) is 0 Å². The zero-order valence-electron chi connectivity index (χ0n) is 11.7. The Bertz CT molecular complexity index is 409. The molecule has 0 amide bonds. The van der Waals surface area contributed by atoms with Crippen molar-refractivity contribution < 1.29 is 9.47 Å². The first-order valence-electron chi connectivity index (χ1n) is 6.61. The number of hydrogen-bond acceptors (Lipinski definition) is 3. The predicted molar refractivity (Wildman–Crippen MR) is 73.7 cm³/mol. The van der Waals surface area contributed by atoms with E-state index in [0.29, 0.717) is 12.0 Å². The van der Waals surface area contributed by atoms with E-state index in [2.05, 4.69) is 24.4 Å². The van der Waals surface area contributed by atoms with Gasteiger partial charge in [-0.15, -0.1) is 0 Å². The SMILES string of the molecule is COc1cc([C@@H]2CC[C@@H](C)NC2)c(OC)cc1C. The molecule has 2 rings (SSSR count). The van der Waals surface area contributed by atoms with Crippen LogP contribution in [0.2, 0.25) is 0 Å². The summed E-state index contributed by atoms with van der Waals surface area (Å²) in [4.78, 5) is 0. The molecule has 18 heavy (non-hydrogen) atoms. The molecule has 1 aromatic carbocycles. The molecule has 0 saturated carbocycles. The van der Waals surface area contributed by atoms with Crippen molar-refractivity contribution in [1.82, 2.24) is 5.32 Å². The van der Waals surface area contributed by atoms with E-state index < -0.39 is 0 Å². The highest BCUT2D eigenvalue weighted by Gasteiger charge is 2.23. The van der Waals surface area contributed by atoms with Crippen LogP contribution in [0, 0.1) is 6.92 Å². The van der Waals surface area contributed by atoms with Gasteiger partial charge in [0.05, 0.1) is 14.2 Å². The lowest BCUT2D eigenvalue weighted by molar-refractivity contribution is 0.360. The Morgan fingerprint density at radius 1 is 1.11 bits per heavy atom. The third kappa shape index (κ3) is 2.61. The molecular formula is C15H23NO2. The second-order valence-electron chi connectivity index (χ2n) is 5.15. The van der Waals surface area contributed by atoms with E-state index in [0.717, 1.165) is 23.6 Å². The molecule has 1 saturated heterocycles. The van der Waals surface area contributed by atoms with Crippen molar-refractivity contribution in [3.8, 4) is 11.5 Å². The van der Waals surface area contributed by atoms with Gasteiger partial charge in [-0.1, -0.05) is 0 Å². The van der Waals surface area contributed by atoms with Gasteiger partial charge in [-0.05, 0) is 44.4 Å². The number of nitrogens with one attached hydrogen (secondary N) is 1. The summed E-state index contributed by atoms with van der Waals surface area (Å²) >= 11 is 0. The zero-order chi connectivity index (χ0) is 13.1. The molecule has 2 atom stereocenters. The first kappa shape index (κ1) is 13.2. The zero-order valence-corrected chi connectivity index (χ0v) is 11.7. The number of ether oxygens (including phenoxy) is 2. The van der Waals surface area contributed by atoms with Crippen LogP contribution < -0.4 is 14.8 Å². The largest absolute Gasteiger partial charge is 0.496 e. The van der Waals surface area contributed by atoms with Crippen LogP contribution in [0.15, 0.2) is 12.1 Å². The molecule has 0 aromatic heterocycles. The van der Waals surface area contributed by atoms with Crippen LogP contribution in [-0.4, -0.2) is 26.8 Å². The van der Waals surface area contributed by atoms with E-state index in [-0.39, 0.29) is 0 Å². The van der Waals surface area contributed by atoms with Crippen molar-refractivity contribution in [1.29, 1.82) is 0 Å². The van der Waals surface area contributed by atoms with Crippen LogP contribution in [-0.2, 0) is 0 Å². The van der Waals surface area contributed by atoms with E-state index in [9.17, 15) is 0 Å². The maximum atomic E-state index is 5.52. The van der Waals surface area contributed by atoms with E-state index in [1.54, 1.807) is 14.2 Å². The second-order valence-corrected chi connectivity index (χ2v) is 5.15. The Hall–Kier alpha value is -1.22. The molecule has 100 valence electrons. The van der Waals surface area contributed by atoms with Crippen molar-refractivity contribution in [3.05, 3.63) is 23.3 Å². The van der Waals surface area contributed by atoms with Crippen LogP contribution in [0.4, 0.5) is 0 Å². The average Bonchev–Trinajstić information content (AvgIpc) is 2.39. The molecule has 1 heterocycles. The summed E-state index contributed by atoms with van der Waals surface area (Å²) in [6.45, 7) is 5.30. The molecule has 0 bridgehead atoms. The van der Waals surface area contributed by atoms with Crippen molar-refractivity contribution in [3.63, 3.8) is 0 Å². The Morgan fingerprint density at radius 2 is 1.83 bits per heavy atom. The molecule has 0 unspecified atom stereocenters. The molecule has 1 aromatic rings. The van der Waals surface area contributed by atoms with Crippen LogP contribution >= 0.6 is 0 Å². The quantitative estimate of drug-likeness (QED) is 0.893. The Morgan fingerprint density at radius 3 is 2.39 bits per heavy atom. The molecule has 1 N–H and O–H groups in total. The van der Waals surface area contributed by atoms with Crippen molar-refractivity contribution >= 4 is 0 Å². The minimum atomic E-state index is 0.519. The van der Waals surface area contributed by atoms with Crippen molar-refractivity contribution in [2.24, 2.45) is 0 Å². The van der Waals surface area contributed by atoms with Gasteiger partial charge >= 0.3 is 0 Å². The predicted octanol–water partition coefficient (Wildman–Crippen LogP) is 2.87. The van der Waals surface area contributed by atoms with Gasteiger partial charge in [-0.25, -0.2) is 0 Å². The standard InChI is InChI=1S/C15H23NO2/c1-10-7-15(18-4)13(8-14(10)17-3)12-6-5-11(2)16-9-12/h7-8,11-12,16H,5-6,9H2,1-4H3/t11-,12-/m1/s1. The van der Waals surface area contributed by atoms with Gasteiger partial charge in [0.15, 0.2) is 0 Å². The normalized spacial score (nSPS) is 23.8. The first-order valence-corrected chi connectivity index (χ1v) is 6.61. The molecular weight excluding hydrogens is 226 g/mol. The number of aryl methyl sites for hydroxylation is 1. The van der Waals surface area contributed by atoms with E-state index in [4.69, 9.17) is 9.47 Å². The molecule has 0 aliphatic carbocycles. The highest BCUT2D eigenvalue weighted by molar-refractivity contribution is 5.47. The number of hydrogen-bond donors (Lipinski definition) is 1. The summed E-state index contributed by atoms with van der Waals surface area (Å²) < 4.78 is 10.9. The third-order valence-corrected chi connectivity index (χ3v) is 3.85. The number of methoxy groups -OCH3 is 2. The van der Waals surface area contributed by atoms with Crippen LogP contribution in [0.1, 0.15) is 36.8 Å². The minimum absolute atomic E-state index is 0.519. The van der Waals surface area contributed by atoms with Crippen LogP contribution in [0.25, 0.3) is 0 Å². The Balaban J connectivity index is 2.30. The number of piperidine rings is 1. The molecule has 1 aliphatic heterocycles. The third-order valence-electron chi connectivity index (χ3n) is 3.85. The summed E-state index contributed by atoms with van der Waals surface area (Å²) in [6.07, 6.45) is 2.42. The molecule has 1 fully saturated rings. The maximum Gasteiger partial charge on any atom is 0.122 e. The van der Waals surface area contributed by atoms with Gasteiger partial charge in [-0.3, -0.25) is 0 Å². The molecule has 0 radical (unpaired) electrons. The summed E-state index contributed by atoms with van der Waals surface area (Å²) in [5, 5.41) is 3.54. The van der Waals surface area contributed by atoms with Gasteiger partial charge in [-0.2, -0.15) is 0 Å². The van der Waals surface area contributed by atoms with Crippen LogP contribution in [0.5, 0.6) is 11.5 Å². The lowest BCUT2D eigenvalue weighted by Crippen LogP contribution is -2.35. The fourth-order valence-electron chi connectivity index (χ4n) is 2.66. The van der Waals surface area contributed by atoms with E-state index >= 15 is 0 Å². The number of benzene rings is 1. The fourth-order valence-corrected chi connectivity index (χ4v) is 2.66. The first-order chi connectivity index (χ1) is 8.65. The van der Waals surface area contributed by atoms with Gasteiger partial charge in [0, 0.05) is 24.1 Å². The fraction of sp³-hybridized carbons (Fsp3) is 0.600. The highest BCUT2D eigenvalue weighted by Crippen LogP contribution is 2.36. The van der Waals surface area contributed by atoms with E-state index in [1.807, 2.05) is 6.92 Å². The van der Waals surface area contributed by atoms with E-state index in [1.165, 1.54) is 18.4 Å². The lowest BCUT2D eigenvalue weighted by Gasteiger charge is -2.29. The molecule has 0 spiro atoms. The lowest BCUT2D eigenvalue weighted by atomic mass is 9.88. The summed E-state index contributed by atoms with van der Waals surface area (Å²) in [5.41, 5.74) is 2.38. The van der Waals surface area contributed by atoms with Gasteiger partial charge in [0.25, 0.3) is 0 Å². The average molecular weight is 249 g/mol. The second kappa shape index (κ2) is 5.61. The molecule has 3 nitrogen and oxygen atoms in total. The smallest absolute Gasteiger partial charge is 0.122 e. The summed E-state index contributed by atoms with van der Waals surface area (Å²) in [5.74, 6) is 2.45. The number of rotatable bonds is 3. The van der Waals surface area contributed by atoms with Crippen molar-refractivity contribution in [2.75, 3.05) is 20.8 Å². The monoisotopic (exact) mass is 249 g/mol.